The van der Waals surface area contributed by atoms with Gasteiger partial charge in [0.15, 0.2) is 0 Å². The van der Waals surface area contributed by atoms with Crippen LogP contribution in [-0.2, 0) is 6.42 Å². The van der Waals surface area contributed by atoms with E-state index in [1.165, 1.54) is 17.3 Å². The number of hydrogen-bond donors (Lipinski definition) is 1. The second-order valence-corrected chi connectivity index (χ2v) is 4.59. The van der Waals surface area contributed by atoms with Crippen LogP contribution < -0.4 is 5.32 Å². The third kappa shape index (κ3) is 3.00. The summed E-state index contributed by atoms with van der Waals surface area (Å²) in [4.78, 5) is 8.66. The van der Waals surface area contributed by atoms with Crippen LogP contribution in [0.4, 0.5) is 10.2 Å². The van der Waals surface area contributed by atoms with Gasteiger partial charge in [-0.2, -0.15) is 4.39 Å². The molecule has 0 spiro atoms. The zero-order valence-electron chi connectivity index (χ0n) is 8.85. The largest absolute Gasteiger partial charge is 0.367 e. The smallest absolute Gasteiger partial charge is 0.217 e. The van der Waals surface area contributed by atoms with Gasteiger partial charge in [-0.1, -0.05) is 6.07 Å². The van der Waals surface area contributed by atoms with Gasteiger partial charge in [-0.25, -0.2) is 9.97 Å². The lowest BCUT2D eigenvalue weighted by Crippen LogP contribution is -2.18. The van der Waals surface area contributed by atoms with Crippen molar-refractivity contribution in [2.75, 3.05) is 5.32 Å². The molecule has 0 radical (unpaired) electrons. The summed E-state index contributed by atoms with van der Waals surface area (Å²) in [7, 11) is 0. The molecule has 0 saturated heterocycles. The maximum atomic E-state index is 12.8. The highest BCUT2D eigenvalue weighted by atomic mass is 32.1. The second-order valence-electron chi connectivity index (χ2n) is 3.55. The van der Waals surface area contributed by atoms with E-state index in [4.69, 9.17) is 0 Å². The van der Waals surface area contributed by atoms with E-state index in [0.29, 0.717) is 5.82 Å². The molecule has 0 bridgehead atoms. The van der Waals surface area contributed by atoms with E-state index in [1.54, 1.807) is 11.3 Å². The first-order chi connectivity index (χ1) is 7.74. The highest BCUT2D eigenvalue weighted by Gasteiger charge is 2.05. The molecule has 1 N–H and O–H groups in total. The van der Waals surface area contributed by atoms with Gasteiger partial charge in [0, 0.05) is 23.4 Å². The Hall–Kier alpha value is -1.49. The Labute approximate surface area is 97.4 Å². The van der Waals surface area contributed by atoms with E-state index in [9.17, 15) is 4.39 Å². The molecule has 0 aliphatic carbocycles. The van der Waals surface area contributed by atoms with Crippen LogP contribution in [0.5, 0.6) is 0 Å². The SMILES string of the molecule is CC(Cc1cccs1)Nc1cc(F)ncn1. The molecule has 0 amide bonds. The summed E-state index contributed by atoms with van der Waals surface area (Å²) >= 11 is 1.72. The average molecular weight is 237 g/mol. The molecular formula is C11H12FN3S. The molecule has 0 aliphatic rings. The van der Waals surface area contributed by atoms with Crippen molar-refractivity contribution in [2.45, 2.75) is 19.4 Å². The van der Waals surface area contributed by atoms with Crippen molar-refractivity contribution in [3.8, 4) is 0 Å². The van der Waals surface area contributed by atoms with Gasteiger partial charge in [-0.15, -0.1) is 11.3 Å². The van der Waals surface area contributed by atoms with E-state index >= 15 is 0 Å². The monoisotopic (exact) mass is 237 g/mol. The molecule has 5 heteroatoms. The topological polar surface area (TPSA) is 37.8 Å². The van der Waals surface area contributed by atoms with Crippen LogP contribution >= 0.6 is 11.3 Å². The number of hydrogen-bond acceptors (Lipinski definition) is 4. The number of nitrogens with one attached hydrogen (secondary N) is 1. The number of anilines is 1. The van der Waals surface area contributed by atoms with Gasteiger partial charge in [0.2, 0.25) is 5.95 Å². The van der Waals surface area contributed by atoms with Crippen LogP contribution in [0.2, 0.25) is 0 Å². The molecule has 1 unspecified atom stereocenters. The lowest BCUT2D eigenvalue weighted by Gasteiger charge is -2.12. The highest BCUT2D eigenvalue weighted by molar-refractivity contribution is 7.09. The molecule has 16 heavy (non-hydrogen) atoms. The highest BCUT2D eigenvalue weighted by Crippen LogP contribution is 2.13. The quantitative estimate of drug-likeness (QED) is 0.831. The van der Waals surface area contributed by atoms with E-state index in [0.717, 1.165) is 6.42 Å². The van der Waals surface area contributed by atoms with Gasteiger partial charge in [0.1, 0.15) is 12.1 Å². The van der Waals surface area contributed by atoms with E-state index in [1.807, 2.05) is 18.4 Å². The fourth-order valence-corrected chi connectivity index (χ4v) is 2.28. The molecule has 0 aliphatic heterocycles. The van der Waals surface area contributed by atoms with E-state index in [-0.39, 0.29) is 6.04 Å². The fourth-order valence-electron chi connectivity index (χ4n) is 1.45. The summed E-state index contributed by atoms with van der Waals surface area (Å²) < 4.78 is 12.8. The molecular weight excluding hydrogens is 225 g/mol. The Morgan fingerprint density at radius 2 is 2.38 bits per heavy atom. The van der Waals surface area contributed by atoms with Gasteiger partial charge in [0.05, 0.1) is 0 Å². The fraction of sp³-hybridized carbons (Fsp3) is 0.273. The number of rotatable bonds is 4. The van der Waals surface area contributed by atoms with Crippen LogP contribution in [0, 0.1) is 5.95 Å². The standard InChI is InChI=1S/C11H12FN3S/c1-8(5-9-3-2-4-16-9)15-11-6-10(12)13-7-14-11/h2-4,6-8H,5H2,1H3,(H,13,14,15). The van der Waals surface area contributed by atoms with Gasteiger partial charge in [-0.3, -0.25) is 0 Å². The lowest BCUT2D eigenvalue weighted by atomic mass is 10.2. The molecule has 2 rings (SSSR count). The molecule has 2 heterocycles. The molecule has 1 atom stereocenters. The van der Waals surface area contributed by atoms with Crippen molar-refractivity contribution in [3.05, 3.63) is 40.7 Å². The number of thiophene rings is 1. The van der Waals surface area contributed by atoms with Crippen LogP contribution in [0.3, 0.4) is 0 Å². The number of aromatic nitrogens is 2. The van der Waals surface area contributed by atoms with Crippen LogP contribution in [0.25, 0.3) is 0 Å². The minimum absolute atomic E-state index is 0.216. The summed E-state index contributed by atoms with van der Waals surface area (Å²) in [6, 6.07) is 5.62. The number of nitrogens with zero attached hydrogens (tertiary/aromatic N) is 2. The van der Waals surface area contributed by atoms with Gasteiger partial charge >= 0.3 is 0 Å². The van der Waals surface area contributed by atoms with Crippen LogP contribution in [0.1, 0.15) is 11.8 Å². The Balaban J connectivity index is 1.94. The van der Waals surface area contributed by atoms with E-state index in [2.05, 4.69) is 21.4 Å². The lowest BCUT2D eigenvalue weighted by molar-refractivity contribution is 0.579. The summed E-state index contributed by atoms with van der Waals surface area (Å²) in [5.41, 5.74) is 0. The molecule has 2 aromatic rings. The van der Waals surface area contributed by atoms with Crippen molar-refractivity contribution in [3.63, 3.8) is 0 Å². The zero-order chi connectivity index (χ0) is 11.4. The minimum atomic E-state index is -0.513. The summed E-state index contributed by atoms with van der Waals surface area (Å²) in [6.45, 7) is 2.04. The summed E-state index contributed by atoms with van der Waals surface area (Å²) in [5.74, 6) is 0.0115. The molecule has 0 aromatic carbocycles. The molecule has 0 fully saturated rings. The first kappa shape index (κ1) is 11.0. The summed E-state index contributed by atoms with van der Waals surface area (Å²) in [5, 5.41) is 5.18. The Kier molecular flexibility index (Phi) is 3.46. The maximum absolute atomic E-state index is 12.8. The van der Waals surface area contributed by atoms with Crippen molar-refractivity contribution >= 4 is 17.2 Å². The van der Waals surface area contributed by atoms with Gasteiger partial charge in [0.25, 0.3) is 0 Å². The predicted octanol–water partition coefficient (Wildman–Crippen LogP) is 2.72. The van der Waals surface area contributed by atoms with Crippen molar-refractivity contribution in [2.24, 2.45) is 0 Å². The van der Waals surface area contributed by atoms with E-state index < -0.39 is 5.95 Å². The zero-order valence-corrected chi connectivity index (χ0v) is 9.67. The number of halogens is 1. The average Bonchev–Trinajstić information content (AvgIpc) is 2.70. The molecule has 84 valence electrons. The first-order valence-corrected chi connectivity index (χ1v) is 5.88. The predicted molar refractivity (Wildman–Crippen MR) is 63.1 cm³/mol. The Morgan fingerprint density at radius 1 is 1.50 bits per heavy atom. The molecule has 2 aromatic heterocycles. The normalized spacial score (nSPS) is 12.4. The molecule has 0 saturated carbocycles. The minimum Gasteiger partial charge on any atom is -0.367 e. The first-order valence-electron chi connectivity index (χ1n) is 5.00. The molecule has 3 nitrogen and oxygen atoms in total. The Bertz CT molecular complexity index is 444. The van der Waals surface area contributed by atoms with Crippen LogP contribution in [0.15, 0.2) is 29.9 Å². The third-order valence-corrected chi connectivity index (χ3v) is 3.01. The van der Waals surface area contributed by atoms with Gasteiger partial charge in [-0.05, 0) is 18.4 Å². The third-order valence-electron chi connectivity index (χ3n) is 2.12. The second kappa shape index (κ2) is 5.03. The van der Waals surface area contributed by atoms with Gasteiger partial charge < -0.3 is 5.32 Å². The Morgan fingerprint density at radius 3 is 3.06 bits per heavy atom. The van der Waals surface area contributed by atoms with Crippen molar-refractivity contribution in [1.29, 1.82) is 0 Å². The van der Waals surface area contributed by atoms with Crippen LogP contribution in [-0.4, -0.2) is 16.0 Å². The van der Waals surface area contributed by atoms with Crippen molar-refractivity contribution < 1.29 is 4.39 Å². The van der Waals surface area contributed by atoms with Crippen molar-refractivity contribution in [1.82, 2.24) is 9.97 Å². The maximum Gasteiger partial charge on any atom is 0.217 e. The summed E-state index contributed by atoms with van der Waals surface area (Å²) in [6.07, 6.45) is 2.12.